The standard InChI is InChI=1S/C20H24O2/c1-15-9-8-14-20(3,4)18(15)13-12-16(2)22-19(21)17-10-6-5-7-11-17/h5-7,9-13,18H,2,8,14H2,1,3-4H3. The maximum absolute atomic E-state index is 12.0. The lowest BCUT2D eigenvalue weighted by atomic mass is 9.68. The molecule has 0 heterocycles. The highest BCUT2D eigenvalue weighted by atomic mass is 16.5. The molecule has 0 aliphatic heterocycles. The van der Waals surface area contributed by atoms with Crippen LogP contribution in [-0.4, -0.2) is 5.97 Å². The Morgan fingerprint density at radius 1 is 1.32 bits per heavy atom. The summed E-state index contributed by atoms with van der Waals surface area (Å²) in [4.78, 5) is 12.0. The predicted octanol–water partition coefficient (Wildman–Crippen LogP) is 5.30. The highest BCUT2D eigenvalue weighted by molar-refractivity contribution is 5.90. The van der Waals surface area contributed by atoms with E-state index in [1.807, 2.05) is 24.3 Å². The van der Waals surface area contributed by atoms with E-state index in [1.165, 1.54) is 5.57 Å². The summed E-state index contributed by atoms with van der Waals surface area (Å²) in [6.45, 7) is 10.5. The van der Waals surface area contributed by atoms with Crippen molar-refractivity contribution in [3.05, 3.63) is 72.0 Å². The van der Waals surface area contributed by atoms with E-state index in [0.717, 1.165) is 12.8 Å². The summed E-state index contributed by atoms with van der Waals surface area (Å²) in [5, 5.41) is 0. The first-order chi connectivity index (χ1) is 10.4. The van der Waals surface area contributed by atoms with Crippen LogP contribution in [0.3, 0.4) is 0 Å². The van der Waals surface area contributed by atoms with Gasteiger partial charge in [0.1, 0.15) is 5.76 Å². The molecule has 0 saturated heterocycles. The van der Waals surface area contributed by atoms with Crippen LogP contribution in [0.25, 0.3) is 0 Å². The lowest BCUT2D eigenvalue weighted by Crippen LogP contribution is -2.26. The number of hydrogen-bond acceptors (Lipinski definition) is 2. The van der Waals surface area contributed by atoms with Gasteiger partial charge in [-0.05, 0) is 43.4 Å². The molecule has 0 amide bonds. The fourth-order valence-corrected chi connectivity index (χ4v) is 2.97. The second kappa shape index (κ2) is 6.78. The molecule has 0 aromatic heterocycles. The zero-order valence-corrected chi connectivity index (χ0v) is 13.6. The highest BCUT2D eigenvalue weighted by Crippen LogP contribution is 2.41. The van der Waals surface area contributed by atoms with Crippen LogP contribution in [-0.2, 0) is 4.74 Å². The fraction of sp³-hybridized carbons (Fsp3) is 0.350. The van der Waals surface area contributed by atoms with Gasteiger partial charge in [0.05, 0.1) is 5.56 Å². The molecule has 0 radical (unpaired) electrons. The summed E-state index contributed by atoms with van der Waals surface area (Å²) in [5.74, 6) is 0.363. The number of rotatable bonds is 4. The van der Waals surface area contributed by atoms with Crippen molar-refractivity contribution >= 4 is 5.97 Å². The van der Waals surface area contributed by atoms with Crippen molar-refractivity contribution in [3.63, 3.8) is 0 Å². The topological polar surface area (TPSA) is 26.3 Å². The van der Waals surface area contributed by atoms with E-state index in [2.05, 4.69) is 39.5 Å². The number of esters is 1. The van der Waals surface area contributed by atoms with Crippen LogP contribution in [0.15, 0.2) is 66.5 Å². The number of carbonyl (C=O) groups excluding carboxylic acids is 1. The van der Waals surface area contributed by atoms with E-state index >= 15 is 0 Å². The Morgan fingerprint density at radius 3 is 2.64 bits per heavy atom. The molecule has 1 aromatic carbocycles. The molecule has 1 aromatic rings. The SMILES string of the molecule is C=C(C=CC1C(C)=CCCC1(C)C)OC(=O)c1ccccc1. The smallest absolute Gasteiger partial charge is 0.343 e. The summed E-state index contributed by atoms with van der Waals surface area (Å²) in [5.41, 5.74) is 2.12. The first-order valence-corrected chi connectivity index (χ1v) is 7.71. The molecular weight excluding hydrogens is 272 g/mol. The third-order valence-electron chi connectivity index (χ3n) is 4.30. The molecule has 0 saturated carbocycles. The van der Waals surface area contributed by atoms with Gasteiger partial charge in [-0.1, -0.05) is 56.4 Å². The zero-order valence-electron chi connectivity index (χ0n) is 13.6. The number of ether oxygens (including phenoxy) is 1. The Bertz CT molecular complexity index is 606. The van der Waals surface area contributed by atoms with E-state index < -0.39 is 0 Å². The quantitative estimate of drug-likeness (QED) is 0.326. The molecule has 2 rings (SSSR count). The van der Waals surface area contributed by atoms with Crippen LogP contribution >= 0.6 is 0 Å². The van der Waals surface area contributed by atoms with Gasteiger partial charge in [0.15, 0.2) is 0 Å². The number of carbonyl (C=O) groups is 1. The molecule has 1 atom stereocenters. The number of hydrogen-bond donors (Lipinski definition) is 0. The van der Waals surface area contributed by atoms with Crippen LogP contribution in [0, 0.1) is 11.3 Å². The van der Waals surface area contributed by atoms with E-state index in [1.54, 1.807) is 12.1 Å². The molecule has 0 bridgehead atoms. The summed E-state index contributed by atoms with van der Waals surface area (Å²) in [6.07, 6.45) is 8.50. The van der Waals surface area contributed by atoms with Gasteiger partial charge in [-0.3, -0.25) is 0 Å². The minimum atomic E-state index is -0.370. The Hall–Kier alpha value is -2.09. The molecule has 0 N–H and O–H groups in total. The van der Waals surface area contributed by atoms with Gasteiger partial charge in [0.25, 0.3) is 0 Å². The third-order valence-corrected chi connectivity index (χ3v) is 4.30. The lowest BCUT2D eigenvalue weighted by molar-refractivity contribution is 0.0638. The van der Waals surface area contributed by atoms with Gasteiger partial charge in [-0.2, -0.15) is 0 Å². The van der Waals surface area contributed by atoms with Crippen LogP contribution in [0.5, 0.6) is 0 Å². The minimum absolute atomic E-state index is 0.221. The molecule has 0 fully saturated rings. The van der Waals surface area contributed by atoms with E-state index in [0.29, 0.717) is 17.2 Å². The van der Waals surface area contributed by atoms with Crippen LogP contribution in [0.1, 0.15) is 44.0 Å². The molecule has 0 spiro atoms. The second-order valence-electron chi connectivity index (χ2n) is 6.53. The van der Waals surface area contributed by atoms with Crippen molar-refractivity contribution in [1.29, 1.82) is 0 Å². The molecular formula is C20H24O2. The molecule has 1 aliphatic carbocycles. The van der Waals surface area contributed by atoms with Crippen LogP contribution < -0.4 is 0 Å². The Morgan fingerprint density at radius 2 is 2.00 bits per heavy atom. The maximum Gasteiger partial charge on any atom is 0.343 e. The van der Waals surface area contributed by atoms with Gasteiger partial charge in [0.2, 0.25) is 0 Å². The number of allylic oxidation sites excluding steroid dienone is 4. The molecule has 116 valence electrons. The van der Waals surface area contributed by atoms with Crippen molar-refractivity contribution in [1.82, 2.24) is 0 Å². The minimum Gasteiger partial charge on any atom is -0.424 e. The molecule has 2 nitrogen and oxygen atoms in total. The first-order valence-electron chi connectivity index (χ1n) is 7.71. The average molecular weight is 296 g/mol. The summed E-state index contributed by atoms with van der Waals surface area (Å²) >= 11 is 0. The second-order valence-corrected chi connectivity index (χ2v) is 6.53. The summed E-state index contributed by atoms with van der Waals surface area (Å²) in [7, 11) is 0. The zero-order chi connectivity index (χ0) is 16.2. The van der Waals surface area contributed by atoms with Gasteiger partial charge >= 0.3 is 5.97 Å². The van der Waals surface area contributed by atoms with Crippen molar-refractivity contribution in [2.24, 2.45) is 11.3 Å². The molecule has 1 unspecified atom stereocenters. The van der Waals surface area contributed by atoms with Gasteiger partial charge in [0, 0.05) is 5.92 Å². The van der Waals surface area contributed by atoms with Crippen molar-refractivity contribution in [3.8, 4) is 0 Å². The van der Waals surface area contributed by atoms with Crippen LogP contribution in [0.2, 0.25) is 0 Å². The van der Waals surface area contributed by atoms with Gasteiger partial charge in [-0.25, -0.2) is 4.79 Å². The van der Waals surface area contributed by atoms with Crippen molar-refractivity contribution in [2.75, 3.05) is 0 Å². The number of benzene rings is 1. The summed E-state index contributed by atoms with van der Waals surface area (Å²) < 4.78 is 5.29. The van der Waals surface area contributed by atoms with E-state index in [9.17, 15) is 4.79 Å². The normalized spacial score (nSPS) is 20.5. The largest absolute Gasteiger partial charge is 0.424 e. The Labute approximate surface area is 133 Å². The Kier molecular flexibility index (Phi) is 5.02. The third kappa shape index (κ3) is 3.97. The monoisotopic (exact) mass is 296 g/mol. The first kappa shape index (κ1) is 16.3. The van der Waals surface area contributed by atoms with Gasteiger partial charge in [-0.15, -0.1) is 0 Å². The fourth-order valence-electron chi connectivity index (χ4n) is 2.97. The van der Waals surface area contributed by atoms with Gasteiger partial charge < -0.3 is 4.74 Å². The average Bonchev–Trinajstić information content (AvgIpc) is 2.47. The summed E-state index contributed by atoms with van der Waals surface area (Å²) in [6, 6.07) is 8.96. The van der Waals surface area contributed by atoms with Crippen LogP contribution in [0.4, 0.5) is 0 Å². The van der Waals surface area contributed by atoms with E-state index in [4.69, 9.17) is 4.74 Å². The highest BCUT2D eigenvalue weighted by Gasteiger charge is 2.30. The lowest BCUT2D eigenvalue weighted by Gasteiger charge is -2.36. The molecule has 2 heteroatoms. The Balaban J connectivity index is 2.01. The molecule has 22 heavy (non-hydrogen) atoms. The van der Waals surface area contributed by atoms with E-state index in [-0.39, 0.29) is 11.4 Å². The molecule has 1 aliphatic rings. The predicted molar refractivity (Wildman–Crippen MR) is 90.4 cm³/mol. The maximum atomic E-state index is 12.0. The van der Waals surface area contributed by atoms with Crippen molar-refractivity contribution in [2.45, 2.75) is 33.6 Å². The van der Waals surface area contributed by atoms with Crippen molar-refractivity contribution < 1.29 is 9.53 Å².